The molecule has 0 fully saturated rings. The summed E-state index contributed by atoms with van der Waals surface area (Å²) in [4.78, 5) is 24.0. The van der Waals surface area contributed by atoms with E-state index in [0.717, 1.165) is 22.7 Å². The van der Waals surface area contributed by atoms with E-state index >= 15 is 0 Å². The van der Waals surface area contributed by atoms with Crippen LogP contribution < -0.4 is 5.32 Å². The highest BCUT2D eigenvalue weighted by Gasteiger charge is 2.19. The summed E-state index contributed by atoms with van der Waals surface area (Å²) in [6.45, 7) is 7.14. The number of hydrogen-bond donors (Lipinski definition) is 1. The third-order valence-corrected chi connectivity index (χ3v) is 5.30. The van der Waals surface area contributed by atoms with Gasteiger partial charge in [0.2, 0.25) is 5.91 Å². The minimum absolute atomic E-state index is 0.0149. The normalized spacial score (nSPS) is 12.4. The van der Waals surface area contributed by atoms with E-state index in [-0.39, 0.29) is 11.9 Å². The summed E-state index contributed by atoms with van der Waals surface area (Å²) >= 11 is 1.74. The van der Waals surface area contributed by atoms with Crippen molar-refractivity contribution >= 4 is 17.2 Å². The van der Waals surface area contributed by atoms with E-state index in [2.05, 4.69) is 34.0 Å². The highest BCUT2D eigenvalue weighted by molar-refractivity contribution is 7.11. The molecule has 6 heteroatoms. The number of nitrogens with one attached hydrogen (secondary N) is 1. The smallest absolute Gasteiger partial charge is 0.234 e. The van der Waals surface area contributed by atoms with Gasteiger partial charge in [0.25, 0.3) is 0 Å². The van der Waals surface area contributed by atoms with E-state index in [0.29, 0.717) is 13.1 Å². The molecular weight excluding hydrogens is 308 g/mol. The van der Waals surface area contributed by atoms with Gasteiger partial charge in [-0.15, -0.1) is 11.3 Å². The Bertz CT molecular complexity index is 641. The van der Waals surface area contributed by atoms with Crippen LogP contribution in [0.2, 0.25) is 0 Å². The summed E-state index contributed by atoms with van der Waals surface area (Å²) in [7, 11) is 1.97. The van der Waals surface area contributed by atoms with Crippen LogP contribution in [-0.4, -0.2) is 34.4 Å². The molecule has 0 aliphatic heterocycles. The van der Waals surface area contributed by atoms with Gasteiger partial charge in [0.1, 0.15) is 0 Å². The Morgan fingerprint density at radius 2 is 2.26 bits per heavy atom. The summed E-state index contributed by atoms with van der Waals surface area (Å²) in [6.07, 6.45) is 4.44. The van der Waals surface area contributed by atoms with Crippen molar-refractivity contribution in [1.29, 1.82) is 0 Å². The number of aromatic nitrogens is 2. The lowest BCUT2D eigenvalue weighted by molar-refractivity contribution is -0.122. The van der Waals surface area contributed by atoms with E-state index < -0.39 is 0 Å². The molecule has 124 valence electrons. The summed E-state index contributed by atoms with van der Waals surface area (Å²) in [6, 6.07) is 4.00. The largest absolute Gasteiger partial charge is 0.351 e. The zero-order chi connectivity index (χ0) is 16.8. The topological polar surface area (TPSA) is 58.1 Å². The van der Waals surface area contributed by atoms with Crippen molar-refractivity contribution in [2.75, 3.05) is 13.6 Å². The van der Waals surface area contributed by atoms with Gasteiger partial charge < -0.3 is 5.32 Å². The lowest BCUT2D eigenvalue weighted by atomic mass is 10.2. The molecule has 5 nitrogen and oxygen atoms in total. The van der Waals surface area contributed by atoms with Crippen molar-refractivity contribution in [1.82, 2.24) is 20.2 Å². The van der Waals surface area contributed by atoms with Gasteiger partial charge in [-0.1, -0.05) is 13.0 Å². The van der Waals surface area contributed by atoms with E-state index in [1.54, 1.807) is 23.7 Å². The molecule has 2 aromatic rings. The third kappa shape index (κ3) is 4.84. The summed E-state index contributed by atoms with van der Waals surface area (Å²) < 4.78 is 0. The first-order chi connectivity index (χ1) is 11.0. The number of pyridine rings is 1. The quantitative estimate of drug-likeness (QED) is 0.847. The molecule has 0 aromatic carbocycles. The molecule has 0 aliphatic rings. The maximum atomic E-state index is 12.1. The first-order valence-corrected chi connectivity index (χ1v) is 8.65. The second-order valence-electron chi connectivity index (χ2n) is 5.64. The van der Waals surface area contributed by atoms with Crippen molar-refractivity contribution in [2.45, 2.75) is 39.8 Å². The van der Waals surface area contributed by atoms with Crippen LogP contribution in [0.25, 0.3) is 0 Å². The molecule has 1 atom stereocenters. The number of aryl methyl sites for hydroxylation is 2. The number of thiazole rings is 1. The van der Waals surface area contributed by atoms with E-state index in [9.17, 15) is 4.79 Å². The van der Waals surface area contributed by atoms with Gasteiger partial charge in [-0.25, -0.2) is 4.98 Å². The monoisotopic (exact) mass is 332 g/mol. The molecule has 0 unspecified atom stereocenters. The van der Waals surface area contributed by atoms with Gasteiger partial charge in [-0.05, 0) is 38.9 Å². The fraction of sp³-hybridized carbons (Fsp3) is 0.471. The van der Waals surface area contributed by atoms with Gasteiger partial charge in [-0.3, -0.25) is 14.7 Å². The molecule has 0 aliphatic carbocycles. The highest BCUT2D eigenvalue weighted by Crippen LogP contribution is 2.28. The third-order valence-electron chi connectivity index (χ3n) is 3.83. The van der Waals surface area contributed by atoms with Crippen LogP contribution in [0, 0.1) is 6.92 Å². The molecule has 1 amide bonds. The summed E-state index contributed by atoms with van der Waals surface area (Å²) in [5, 5.41) is 4.09. The van der Waals surface area contributed by atoms with Gasteiger partial charge in [0, 0.05) is 29.9 Å². The number of rotatable bonds is 7. The molecule has 0 spiro atoms. The van der Waals surface area contributed by atoms with Gasteiger partial charge in [0.15, 0.2) is 0 Å². The van der Waals surface area contributed by atoms with Crippen LogP contribution in [0.5, 0.6) is 0 Å². The molecule has 23 heavy (non-hydrogen) atoms. The fourth-order valence-electron chi connectivity index (χ4n) is 2.33. The minimum Gasteiger partial charge on any atom is -0.351 e. The van der Waals surface area contributed by atoms with Crippen LogP contribution in [0.15, 0.2) is 24.5 Å². The average molecular weight is 332 g/mol. The Morgan fingerprint density at radius 3 is 2.87 bits per heavy atom. The molecule has 2 aromatic heterocycles. The lowest BCUT2D eigenvalue weighted by Gasteiger charge is -2.23. The van der Waals surface area contributed by atoms with Crippen LogP contribution in [-0.2, 0) is 17.8 Å². The van der Waals surface area contributed by atoms with Crippen LogP contribution in [0.4, 0.5) is 0 Å². The standard InChI is InChI=1S/C17H24N4OS/c1-5-16-20-12(2)17(23-16)13(3)21(4)11-15(22)19-10-14-7-6-8-18-9-14/h6-9,13H,5,10-11H2,1-4H3,(H,19,22)/t13-/m1/s1. The zero-order valence-corrected chi connectivity index (χ0v) is 15.0. The second kappa shape index (κ2) is 8.17. The molecule has 0 saturated heterocycles. The lowest BCUT2D eigenvalue weighted by Crippen LogP contribution is -2.36. The number of nitrogens with zero attached hydrogens (tertiary/aromatic N) is 3. The molecule has 2 heterocycles. The first-order valence-electron chi connectivity index (χ1n) is 7.83. The van der Waals surface area contributed by atoms with Gasteiger partial charge in [0.05, 0.1) is 17.2 Å². The zero-order valence-electron chi connectivity index (χ0n) is 14.2. The number of hydrogen-bond acceptors (Lipinski definition) is 5. The molecule has 2 rings (SSSR count). The molecule has 0 saturated carbocycles. The van der Waals surface area contributed by atoms with E-state index in [1.807, 2.05) is 26.1 Å². The van der Waals surface area contributed by atoms with Crippen molar-refractivity contribution in [3.05, 3.63) is 45.7 Å². The van der Waals surface area contributed by atoms with Crippen molar-refractivity contribution in [3.63, 3.8) is 0 Å². The maximum absolute atomic E-state index is 12.1. The fourth-order valence-corrected chi connectivity index (χ4v) is 3.45. The minimum atomic E-state index is 0.0149. The Labute approximate surface area is 141 Å². The number of carbonyl (C=O) groups is 1. The Kier molecular flexibility index (Phi) is 6.24. The Balaban J connectivity index is 1.88. The summed E-state index contributed by atoms with van der Waals surface area (Å²) in [5.74, 6) is 0.0149. The van der Waals surface area contributed by atoms with Gasteiger partial charge >= 0.3 is 0 Å². The number of carbonyl (C=O) groups excluding carboxylic acids is 1. The maximum Gasteiger partial charge on any atom is 0.234 e. The first kappa shape index (κ1) is 17.6. The van der Waals surface area contributed by atoms with Crippen molar-refractivity contribution in [2.24, 2.45) is 0 Å². The second-order valence-corrected chi connectivity index (χ2v) is 6.76. The number of amides is 1. The molecule has 0 bridgehead atoms. The van der Waals surface area contributed by atoms with Crippen LogP contribution >= 0.6 is 11.3 Å². The predicted octanol–water partition coefficient (Wildman–Crippen LogP) is 2.72. The predicted molar refractivity (Wildman–Crippen MR) is 93.4 cm³/mol. The highest BCUT2D eigenvalue weighted by atomic mass is 32.1. The van der Waals surface area contributed by atoms with E-state index in [1.165, 1.54) is 4.88 Å². The SMILES string of the molecule is CCc1nc(C)c([C@@H](C)N(C)CC(=O)NCc2cccnc2)s1. The molecule has 1 N–H and O–H groups in total. The summed E-state index contributed by atoms with van der Waals surface area (Å²) in [5.41, 5.74) is 2.07. The Morgan fingerprint density at radius 1 is 1.48 bits per heavy atom. The Hall–Kier alpha value is -1.79. The van der Waals surface area contributed by atoms with Crippen molar-refractivity contribution in [3.8, 4) is 0 Å². The van der Waals surface area contributed by atoms with Crippen LogP contribution in [0.3, 0.4) is 0 Å². The number of likely N-dealkylation sites (N-methyl/N-ethyl adjacent to an activating group) is 1. The average Bonchev–Trinajstić information content (AvgIpc) is 2.94. The molecular formula is C17H24N4OS. The molecule has 0 radical (unpaired) electrons. The van der Waals surface area contributed by atoms with E-state index in [4.69, 9.17) is 0 Å². The van der Waals surface area contributed by atoms with Gasteiger partial charge in [-0.2, -0.15) is 0 Å². The van der Waals surface area contributed by atoms with Crippen LogP contribution in [0.1, 0.15) is 41.0 Å². The van der Waals surface area contributed by atoms with Crippen molar-refractivity contribution < 1.29 is 4.79 Å².